The molecular weight excluding hydrogens is 831 g/mol. The second kappa shape index (κ2) is 10.4. The molecule has 1 rings (SSSR count). The van der Waals surface area contributed by atoms with Gasteiger partial charge in [-0.25, -0.2) is 0 Å². The minimum absolute atomic E-state index is 10.0. The molecule has 0 nitrogen and oxygen atoms in total. The van der Waals surface area contributed by atoms with Crippen LogP contribution in [-0.2, 0) is 0 Å². The van der Waals surface area contributed by atoms with Gasteiger partial charge in [0.1, 0.15) is 5.92 Å². The molecule has 0 aliphatic heterocycles. The summed E-state index contributed by atoms with van der Waals surface area (Å²) in [5.74, 6) is -10.0. The lowest BCUT2D eigenvalue weighted by Crippen LogP contribution is -2.98. The lowest BCUT2D eigenvalue weighted by atomic mass is 9.25. The highest BCUT2D eigenvalue weighted by molar-refractivity contribution is 5.41. The molecule has 1 aliphatic carbocycles. The quantitative estimate of drug-likeness (QED) is 0.213. The van der Waals surface area contributed by atoms with E-state index in [1.807, 2.05) is 0 Å². The van der Waals surface area contributed by atoms with Crippen LogP contribution >= 0.6 is 0 Å². The second-order valence-electron chi connectivity index (χ2n) is 9.82. The summed E-state index contributed by atoms with van der Waals surface area (Å²) in [5.41, 5.74) is -58.7. The Morgan fingerprint density at radius 3 is 0.420 bits per heavy atom. The van der Waals surface area contributed by atoms with Gasteiger partial charge in [-0.1, -0.05) is 0 Å². The topological polar surface area (TPSA) is 0 Å². The van der Waals surface area contributed by atoms with Gasteiger partial charge in [-0.05, 0) is 0 Å². The van der Waals surface area contributed by atoms with Crippen molar-refractivity contribution in [2.45, 2.75) is 67.9 Å². The summed E-state index contributed by atoms with van der Waals surface area (Å²) in [4.78, 5) is 0. The van der Waals surface area contributed by atoms with Crippen molar-refractivity contribution < 1.29 is 145 Å². The fraction of sp³-hybridized carbons (Fsp3) is 1.00. The van der Waals surface area contributed by atoms with Crippen LogP contribution in [0.5, 0.6) is 0 Å². The van der Waals surface area contributed by atoms with Crippen LogP contribution in [0.25, 0.3) is 0 Å². The summed E-state index contributed by atoms with van der Waals surface area (Å²) in [7, 11) is 0. The average molecular weight is 832 g/mol. The molecule has 1 aliphatic rings. The molecule has 1 saturated carbocycles. The Balaban J connectivity index is 6.41. The number of alkyl halides is 33. The fourth-order valence-corrected chi connectivity index (χ4v) is 7.03. The van der Waals surface area contributed by atoms with Gasteiger partial charge in [-0.2, -0.15) is 145 Å². The Hall–Kier alpha value is -2.31. The maximum atomic E-state index is 14.4. The first-order valence-corrected chi connectivity index (χ1v) is 10.6. The van der Waals surface area contributed by atoms with E-state index < -0.39 is 101 Å². The minimum atomic E-state index is -12.1. The summed E-state index contributed by atoms with van der Waals surface area (Å²) in [6.07, 6.45) is -118. The molecule has 0 aromatic heterocycles. The van der Waals surface area contributed by atoms with Crippen molar-refractivity contribution in [2.24, 2.45) is 33.0 Å². The van der Waals surface area contributed by atoms with Crippen LogP contribution in [0.1, 0.15) is 0 Å². The normalized spacial score (nSPS) is 23.2. The third-order valence-electron chi connectivity index (χ3n) is 7.84. The molecule has 0 radical (unpaired) electrons. The van der Waals surface area contributed by atoms with E-state index in [-0.39, 0.29) is 0 Å². The molecule has 0 heterocycles. The minimum Gasteiger partial charge on any atom is -0.171 e. The highest BCUT2D eigenvalue weighted by Gasteiger charge is 3.21. The van der Waals surface area contributed by atoms with Crippen molar-refractivity contribution in [3.63, 3.8) is 0 Å². The first-order valence-electron chi connectivity index (χ1n) is 10.6. The lowest BCUT2D eigenvalue weighted by Gasteiger charge is -2.74. The summed E-state index contributed by atoms with van der Waals surface area (Å²) in [5, 5.41) is 0. The van der Waals surface area contributed by atoms with Gasteiger partial charge in [0.05, 0.1) is 0 Å². The Kier molecular flexibility index (Phi) is 9.53. The van der Waals surface area contributed by atoms with Crippen molar-refractivity contribution in [2.75, 3.05) is 0 Å². The van der Waals surface area contributed by atoms with Crippen LogP contribution in [0.3, 0.4) is 0 Å². The lowest BCUT2D eigenvalue weighted by molar-refractivity contribution is -0.663. The van der Waals surface area contributed by atoms with Crippen molar-refractivity contribution in [3.05, 3.63) is 0 Å². The van der Waals surface area contributed by atoms with Crippen LogP contribution in [-0.4, -0.2) is 67.9 Å². The van der Waals surface area contributed by atoms with Crippen molar-refractivity contribution >= 4 is 0 Å². The van der Waals surface area contributed by atoms with E-state index in [1.165, 1.54) is 0 Å². The van der Waals surface area contributed by atoms with Crippen molar-refractivity contribution in [1.82, 2.24) is 0 Å². The van der Waals surface area contributed by atoms with E-state index in [4.69, 9.17) is 0 Å². The zero-order valence-electron chi connectivity index (χ0n) is 21.1. The van der Waals surface area contributed by atoms with E-state index in [2.05, 4.69) is 0 Å². The number of hydrogen-bond donors (Lipinski definition) is 0. The SMILES string of the molecule is FC(F)(F)C1C(C(F)(F)F)(C(F)(F)F)C(C(F)(F)F)(C(F)(F)F)C(C(F)(F)F)(C(F)(F)F)C(C(F)(F)F)(C(F)(F)F)C1(C(F)(F)F)C(F)(F)F. The van der Waals surface area contributed by atoms with E-state index in [9.17, 15) is 145 Å². The predicted octanol–water partition coefficient (Wildman–Crippen LogP) is 11.7. The van der Waals surface area contributed by atoms with Gasteiger partial charge in [0, 0.05) is 0 Å². The molecule has 0 unspecified atom stereocenters. The van der Waals surface area contributed by atoms with Crippen LogP contribution < -0.4 is 0 Å². The Morgan fingerprint density at radius 2 is 0.340 bits per heavy atom. The van der Waals surface area contributed by atoms with Gasteiger partial charge >= 0.3 is 67.9 Å². The number of halogens is 33. The zero-order chi connectivity index (χ0) is 41.6. The molecule has 0 spiro atoms. The molecular formula is C17HF33. The fourth-order valence-electron chi connectivity index (χ4n) is 7.03. The molecule has 0 aromatic rings. The molecule has 300 valence electrons. The largest absolute Gasteiger partial charge is 0.405 e. The maximum Gasteiger partial charge on any atom is 0.405 e. The van der Waals surface area contributed by atoms with E-state index in [1.54, 1.807) is 0 Å². The maximum absolute atomic E-state index is 14.4. The van der Waals surface area contributed by atoms with Gasteiger partial charge < -0.3 is 0 Å². The summed E-state index contributed by atoms with van der Waals surface area (Å²) in [6.45, 7) is 0. The number of hydrogen-bond acceptors (Lipinski definition) is 0. The molecule has 0 N–H and O–H groups in total. The van der Waals surface area contributed by atoms with Crippen LogP contribution in [0.4, 0.5) is 145 Å². The monoisotopic (exact) mass is 832 g/mol. The third kappa shape index (κ3) is 4.55. The molecule has 50 heavy (non-hydrogen) atoms. The van der Waals surface area contributed by atoms with Crippen molar-refractivity contribution in [3.8, 4) is 0 Å². The summed E-state index contributed by atoms with van der Waals surface area (Å²) < 4.78 is 472. The van der Waals surface area contributed by atoms with Crippen LogP contribution in [0, 0.1) is 33.0 Å². The van der Waals surface area contributed by atoms with Crippen molar-refractivity contribution in [1.29, 1.82) is 0 Å². The Morgan fingerprint density at radius 1 is 0.200 bits per heavy atom. The molecule has 0 saturated heterocycles. The molecule has 0 aromatic carbocycles. The summed E-state index contributed by atoms with van der Waals surface area (Å²) in [6, 6.07) is 0. The Labute approximate surface area is 247 Å². The van der Waals surface area contributed by atoms with E-state index in [0.717, 1.165) is 0 Å². The molecule has 33 heteroatoms. The Bertz CT molecular complexity index is 1100. The molecule has 0 bridgehead atoms. The average Bonchev–Trinajstić information content (AvgIpc) is 2.67. The molecule has 1 fully saturated rings. The van der Waals surface area contributed by atoms with Gasteiger partial charge in [-0.3, -0.25) is 0 Å². The van der Waals surface area contributed by atoms with Gasteiger partial charge in [0.2, 0.25) is 16.2 Å². The van der Waals surface area contributed by atoms with Gasteiger partial charge in [0.15, 0.2) is 10.8 Å². The smallest absolute Gasteiger partial charge is 0.171 e. The zero-order valence-corrected chi connectivity index (χ0v) is 21.1. The standard InChI is InChI=1S/C17HF33/c18-4(19,20)1-2(8(21,22)23,9(24,25)26)5(12(33,34)35,13(36,37)38)7(16(45,46)47,17(48,49)50)6(14(39,40)41,15(42,43)44)3(1,10(27,28)29)11(30,31)32/h1H. The van der Waals surface area contributed by atoms with E-state index >= 15 is 0 Å². The highest BCUT2D eigenvalue weighted by atomic mass is 19.5. The molecule has 0 amide bonds. The highest BCUT2D eigenvalue weighted by Crippen LogP contribution is 2.98. The first kappa shape index (κ1) is 45.7. The molecule has 0 atom stereocenters. The van der Waals surface area contributed by atoms with Gasteiger partial charge in [0.25, 0.3) is 0 Å². The van der Waals surface area contributed by atoms with Crippen LogP contribution in [0.2, 0.25) is 0 Å². The summed E-state index contributed by atoms with van der Waals surface area (Å²) >= 11 is 0. The predicted molar refractivity (Wildman–Crippen MR) is 82.3 cm³/mol. The first-order chi connectivity index (χ1) is 20.9. The third-order valence-corrected chi connectivity index (χ3v) is 7.84. The van der Waals surface area contributed by atoms with E-state index in [0.29, 0.717) is 0 Å². The number of rotatable bonds is 0. The van der Waals surface area contributed by atoms with Gasteiger partial charge in [-0.15, -0.1) is 0 Å². The second-order valence-corrected chi connectivity index (χ2v) is 9.82. The van der Waals surface area contributed by atoms with Crippen LogP contribution in [0.15, 0.2) is 0 Å².